The number of nitrogens with zero attached hydrogens (tertiary/aromatic N) is 1. The van der Waals surface area contributed by atoms with Crippen molar-refractivity contribution in [1.29, 1.82) is 0 Å². The van der Waals surface area contributed by atoms with E-state index in [0.717, 1.165) is 18.9 Å². The van der Waals surface area contributed by atoms with E-state index in [0.29, 0.717) is 19.6 Å². The monoisotopic (exact) mass is 367 g/mol. The number of halogens is 3. The zero-order valence-electron chi connectivity index (χ0n) is 14.2. The Hall–Kier alpha value is -1.89. The van der Waals surface area contributed by atoms with Gasteiger partial charge in [0.05, 0.1) is 18.7 Å². The molecule has 1 amide bonds. The number of amides is 1. The predicted molar refractivity (Wildman–Crippen MR) is 86.3 cm³/mol. The van der Waals surface area contributed by atoms with Gasteiger partial charge in [0.2, 0.25) is 5.91 Å². The van der Waals surface area contributed by atoms with Gasteiger partial charge in [-0.2, -0.15) is 13.2 Å². The van der Waals surface area contributed by atoms with Crippen LogP contribution in [-0.4, -0.2) is 42.4 Å². The third kappa shape index (κ3) is 3.37. The summed E-state index contributed by atoms with van der Waals surface area (Å²) in [5.74, 6) is -0.891. The predicted octanol–water partition coefficient (Wildman–Crippen LogP) is 3.02. The molecule has 0 unspecified atom stereocenters. The fraction of sp³-hybridized carbons (Fsp3) is 0.579. The van der Waals surface area contributed by atoms with Gasteiger partial charge in [-0.1, -0.05) is 18.2 Å². The quantitative estimate of drug-likeness (QED) is 0.822. The van der Waals surface area contributed by atoms with Crippen molar-refractivity contribution in [2.45, 2.75) is 37.5 Å². The van der Waals surface area contributed by atoms with Crippen LogP contribution in [0.5, 0.6) is 0 Å². The Kier molecular flexibility index (Phi) is 4.29. The third-order valence-electron chi connectivity index (χ3n) is 5.45. The van der Waals surface area contributed by atoms with Crippen LogP contribution in [0.4, 0.5) is 13.2 Å². The fourth-order valence-corrected chi connectivity index (χ4v) is 3.78. The van der Waals surface area contributed by atoms with Crippen LogP contribution in [0, 0.1) is 11.8 Å². The van der Waals surface area contributed by atoms with Gasteiger partial charge in [0.1, 0.15) is 6.10 Å². The molecule has 0 aromatic heterocycles. The van der Waals surface area contributed by atoms with Gasteiger partial charge in [-0.3, -0.25) is 9.59 Å². The molecule has 4 nitrogen and oxygen atoms in total. The number of alkyl halides is 3. The van der Waals surface area contributed by atoms with Crippen LogP contribution in [0.25, 0.3) is 0 Å². The van der Waals surface area contributed by atoms with Gasteiger partial charge in [0.25, 0.3) is 0 Å². The molecule has 2 saturated carbocycles. The number of morpholine rings is 1. The molecule has 1 aromatic rings. The van der Waals surface area contributed by atoms with Crippen LogP contribution in [0.15, 0.2) is 24.3 Å². The van der Waals surface area contributed by atoms with Crippen LogP contribution in [0.1, 0.15) is 36.3 Å². The average molecular weight is 367 g/mol. The van der Waals surface area contributed by atoms with Gasteiger partial charge in [-0.05, 0) is 36.8 Å². The molecule has 0 spiro atoms. The van der Waals surface area contributed by atoms with Crippen molar-refractivity contribution in [1.82, 2.24) is 4.90 Å². The topological polar surface area (TPSA) is 46.6 Å². The Balaban J connectivity index is 1.44. The molecule has 0 radical (unpaired) electrons. The van der Waals surface area contributed by atoms with E-state index in [-0.39, 0.29) is 29.7 Å². The highest BCUT2D eigenvalue weighted by Gasteiger charge is 2.50. The minimum absolute atomic E-state index is 0.0530. The van der Waals surface area contributed by atoms with Crippen LogP contribution in [-0.2, 0) is 20.5 Å². The van der Waals surface area contributed by atoms with Crippen molar-refractivity contribution in [2.75, 3.05) is 19.7 Å². The maximum atomic E-state index is 13.2. The fourth-order valence-electron chi connectivity index (χ4n) is 3.78. The molecule has 3 atom stereocenters. The van der Waals surface area contributed by atoms with E-state index in [1.807, 2.05) is 0 Å². The first kappa shape index (κ1) is 17.5. The summed E-state index contributed by atoms with van der Waals surface area (Å²) >= 11 is 0. The van der Waals surface area contributed by atoms with E-state index in [4.69, 9.17) is 4.74 Å². The molecular formula is C19H20F3NO3. The van der Waals surface area contributed by atoms with Crippen molar-refractivity contribution in [3.63, 3.8) is 0 Å². The highest BCUT2D eigenvalue weighted by Crippen LogP contribution is 2.51. The Morgan fingerprint density at radius 1 is 1.15 bits per heavy atom. The lowest BCUT2D eigenvalue weighted by Gasteiger charge is -2.32. The van der Waals surface area contributed by atoms with Crippen LogP contribution in [0.2, 0.25) is 0 Å². The van der Waals surface area contributed by atoms with Crippen LogP contribution < -0.4 is 0 Å². The van der Waals surface area contributed by atoms with Crippen molar-refractivity contribution in [2.24, 2.45) is 11.8 Å². The summed E-state index contributed by atoms with van der Waals surface area (Å²) in [4.78, 5) is 26.5. The standard InChI is InChI=1S/C19H20F3NO3/c20-19(21,22)15-4-2-1-3-12(15)13-9-14(13)18(25)23-7-8-26-16(10-23)17(24)11-5-6-11/h1-4,11,13-14,16H,5-10H2/t13-,14-,16+/m1/s1. The molecule has 7 heteroatoms. The molecule has 2 aliphatic carbocycles. The molecule has 26 heavy (non-hydrogen) atoms. The second-order valence-electron chi connectivity index (χ2n) is 7.35. The van der Waals surface area contributed by atoms with Crippen LogP contribution in [0.3, 0.4) is 0 Å². The van der Waals surface area contributed by atoms with Crippen molar-refractivity contribution >= 4 is 11.7 Å². The number of ether oxygens (including phenoxy) is 1. The van der Waals surface area contributed by atoms with Crippen molar-refractivity contribution in [3.05, 3.63) is 35.4 Å². The second-order valence-corrected chi connectivity index (χ2v) is 7.35. The lowest BCUT2D eigenvalue weighted by atomic mass is 10.0. The van der Waals surface area contributed by atoms with Crippen LogP contribution >= 0.6 is 0 Å². The Morgan fingerprint density at radius 3 is 2.58 bits per heavy atom. The van der Waals surface area contributed by atoms with E-state index in [2.05, 4.69) is 0 Å². The minimum atomic E-state index is -4.42. The maximum Gasteiger partial charge on any atom is 0.416 e. The number of ketones is 1. The molecular weight excluding hydrogens is 347 g/mol. The maximum absolute atomic E-state index is 13.2. The lowest BCUT2D eigenvalue weighted by molar-refractivity contribution is -0.147. The molecule has 1 aromatic carbocycles. The zero-order chi connectivity index (χ0) is 18.5. The summed E-state index contributed by atoms with van der Waals surface area (Å²) in [6, 6.07) is 5.46. The number of benzene rings is 1. The van der Waals surface area contributed by atoms with E-state index < -0.39 is 29.7 Å². The Bertz CT molecular complexity index is 729. The number of hydrogen-bond donors (Lipinski definition) is 0. The summed E-state index contributed by atoms with van der Waals surface area (Å²) < 4.78 is 45.1. The van der Waals surface area contributed by atoms with E-state index in [1.165, 1.54) is 12.1 Å². The summed E-state index contributed by atoms with van der Waals surface area (Å²) in [5, 5.41) is 0. The van der Waals surface area contributed by atoms with Crippen molar-refractivity contribution in [3.8, 4) is 0 Å². The highest BCUT2D eigenvalue weighted by atomic mass is 19.4. The summed E-state index contributed by atoms with van der Waals surface area (Å²) in [5.41, 5.74) is -0.471. The number of rotatable bonds is 4. The Morgan fingerprint density at radius 2 is 1.88 bits per heavy atom. The average Bonchev–Trinajstić information content (AvgIpc) is 3.53. The smallest absolute Gasteiger partial charge is 0.367 e. The second kappa shape index (κ2) is 6.37. The molecule has 1 saturated heterocycles. The molecule has 3 aliphatic rings. The van der Waals surface area contributed by atoms with Gasteiger partial charge in [-0.15, -0.1) is 0 Å². The molecule has 0 bridgehead atoms. The number of Topliss-reactive ketones (excluding diaryl/α,β-unsaturated/α-hetero) is 1. The van der Waals surface area contributed by atoms with Gasteiger partial charge < -0.3 is 9.64 Å². The summed E-state index contributed by atoms with van der Waals surface area (Å²) in [7, 11) is 0. The molecule has 4 rings (SSSR count). The first-order chi connectivity index (χ1) is 12.4. The molecule has 1 heterocycles. The first-order valence-corrected chi connectivity index (χ1v) is 8.96. The van der Waals surface area contributed by atoms with Gasteiger partial charge in [0, 0.05) is 18.4 Å². The van der Waals surface area contributed by atoms with E-state index in [1.54, 1.807) is 11.0 Å². The lowest BCUT2D eigenvalue weighted by Crippen LogP contribution is -2.49. The number of carbonyl (C=O) groups excluding carboxylic acids is 2. The SMILES string of the molecule is O=C(C1CC1)[C@@H]1CN(C(=O)[C@@H]2C[C@@H]2c2ccccc2C(F)(F)F)CCO1. The molecule has 140 valence electrons. The van der Waals surface area contributed by atoms with Gasteiger partial charge in [0.15, 0.2) is 5.78 Å². The summed E-state index contributed by atoms with van der Waals surface area (Å²) in [6.07, 6.45) is -2.82. The van der Waals surface area contributed by atoms with Crippen molar-refractivity contribution < 1.29 is 27.5 Å². The largest absolute Gasteiger partial charge is 0.416 e. The molecule has 0 N–H and O–H groups in total. The zero-order valence-corrected chi connectivity index (χ0v) is 14.2. The number of hydrogen-bond acceptors (Lipinski definition) is 3. The Labute approximate surface area is 149 Å². The number of carbonyl (C=O) groups is 2. The first-order valence-electron chi connectivity index (χ1n) is 8.96. The normalized spacial score (nSPS) is 28.7. The van der Waals surface area contributed by atoms with E-state index >= 15 is 0 Å². The third-order valence-corrected chi connectivity index (χ3v) is 5.45. The van der Waals surface area contributed by atoms with Gasteiger partial charge >= 0.3 is 6.18 Å². The van der Waals surface area contributed by atoms with E-state index in [9.17, 15) is 22.8 Å². The molecule has 3 fully saturated rings. The highest BCUT2D eigenvalue weighted by molar-refractivity contribution is 5.89. The molecule has 1 aliphatic heterocycles. The summed E-state index contributed by atoms with van der Waals surface area (Å²) in [6.45, 7) is 0.904. The minimum Gasteiger partial charge on any atom is -0.367 e. The van der Waals surface area contributed by atoms with Gasteiger partial charge in [-0.25, -0.2) is 0 Å².